The van der Waals surface area contributed by atoms with Gasteiger partial charge in [-0.05, 0) is 18.6 Å². The van der Waals surface area contributed by atoms with Gasteiger partial charge in [0, 0.05) is 5.92 Å². The maximum Gasteiger partial charge on any atom is 0.339 e. The Morgan fingerprint density at radius 1 is 1.44 bits per heavy atom. The number of hydrogen-bond donors (Lipinski definition) is 2. The van der Waals surface area contributed by atoms with Crippen molar-refractivity contribution < 1.29 is 14.7 Å². The lowest BCUT2D eigenvalue weighted by atomic mass is 10.0. The Morgan fingerprint density at radius 3 is 2.67 bits per heavy atom. The molecule has 0 saturated carbocycles. The van der Waals surface area contributed by atoms with Gasteiger partial charge in [-0.2, -0.15) is 0 Å². The highest BCUT2D eigenvalue weighted by molar-refractivity contribution is 6.34. The lowest BCUT2D eigenvalue weighted by molar-refractivity contribution is -0.119. The highest BCUT2D eigenvalue weighted by Crippen LogP contribution is 2.25. The van der Waals surface area contributed by atoms with Gasteiger partial charge < -0.3 is 10.4 Å². The van der Waals surface area contributed by atoms with E-state index in [0.717, 1.165) is 12.8 Å². The largest absolute Gasteiger partial charge is 0.478 e. The summed E-state index contributed by atoms with van der Waals surface area (Å²) in [6, 6.07) is 4.62. The van der Waals surface area contributed by atoms with Crippen molar-refractivity contribution in [1.82, 2.24) is 0 Å². The van der Waals surface area contributed by atoms with E-state index in [0.29, 0.717) is 0 Å². The molecule has 2 N–H and O–H groups in total. The Morgan fingerprint density at radius 2 is 2.11 bits per heavy atom. The maximum atomic E-state index is 11.8. The number of carbonyl (C=O) groups is 2. The van der Waals surface area contributed by atoms with Gasteiger partial charge in [0.05, 0.1) is 10.7 Å². The quantitative estimate of drug-likeness (QED) is 0.861. The lowest BCUT2D eigenvalue weighted by Gasteiger charge is -2.13. The number of benzene rings is 1. The van der Waals surface area contributed by atoms with Crippen LogP contribution in [0.3, 0.4) is 0 Å². The molecule has 0 aliphatic rings. The third-order valence-electron chi connectivity index (χ3n) is 2.65. The molecule has 0 saturated heterocycles. The summed E-state index contributed by atoms with van der Waals surface area (Å²) >= 11 is 5.82. The molecule has 0 fully saturated rings. The molecule has 5 heteroatoms. The first-order chi connectivity index (χ1) is 8.47. The van der Waals surface area contributed by atoms with Crippen LogP contribution in [-0.2, 0) is 4.79 Å². The second-order valence-corrected chi connectivity index (χ2v) is 4.55. The molecular weight excluding hydrogens is 254 g/mol. The van der Waals surface area contributed by atoms with Gasteiger partial charge in [-0.3, -0.25) is 4.79 Å². The molecule has 98 valence electrons. The van der Waals surface area contributed by atoms with Crippen molar-refractivity contribution in [3.05, 3.63) is 28.8 Å². The van der Waals surface area contributed by atoms with Gasteiger partial charge in [-0.15, -0.1) is 0 Å². The van der Waals surface area contributed by atoms with Crippen LogP contribution in [0.2, 0.25) is 5.02 Å². The van der Waals surface area contributed by atoms with E-state index in [4.69, 9.17) is 16.7 Å². The molecule has 0 aromatic heterocycles. The van der Waals surface area contributed by atoms with Crippen LogP contribution in [0.15, 0.2) is 18.2 Å². The molecule has 0 spiro atoms. The molecule has 1 atom stereocenters. The summed E-state index contributed by atoms with van der Waals surface area (Å²) in [4.78, 5) is 22.9. The van der Waals surface area contributed by atoms with E-state index in [2.05, 4.69) is 5.32 Å². The second-order valence-electron chi connectivity index (χ2n) is 4.15. The average molecular weight is 270 g/mol. The number of amides is 1. The first kappa shape index (κ1) is 14.5. The van der Waals surface area contributed by atoms with E-state index in [9.17, 15) is 9.59 Å². The minimum absolute atomic E-state index is 0.0729. The number of rotatable bonds is 5. The van der Waals surface area contributed by atoms with Gasteiger partial charge in [-0.1, -0.05) is 37.9 Å². The number of aromatic carboxylic acids is 1. The van der Waals surface area contributed by atoms with Gasteiger partial charge in [0.1, 0.15) is 5.56 Å². The van der Waals surface area contributed by atoms with Crippen LogP contribution in [-0.4, -0.2) is 17.0 Å². The van der Waals surface area contributed by atoms with E-state index < -0.39 is 5.97 Å². The summed E-state index contributed by atoms with van der Waals surface area (Å²) in [7, 11) is 0. The van der Waals surface area contributed by atoms with E-state index in [1.807, 2.05) is 13.8 Å². The summed E-state index contributed by atoms with van der Waals surface area (Å²) in [6.45, 7) is 3.80. The number of carboxylic acid groups (broad SMARTS) is 1. The molecule has 1 amide bonds. The highest BCUT2D eigenvalue weighted by atomic mass is 35.5. The lowest BCUT2D eigenvalue weighted by Crippen LogP contribution is -2.21. The van der Waals surface area contributed by atoms with E-state index in [-0.39, 0.29) is 28.1 Å². The molecule has 1 aromatic rings. The Kier molecular flexibility index (Phi) is 5.16. The third-order valence-corrected chi connectivity index (χ3v) is 2.97. The number of nitrogens with one attached hydrogen (secondary N) is 1. The number of anilines is 1. The van der Waals surface area contributed by atoms with Gasteiger partial charge in [0.25, 0.3) is 0 Å². The van der Waals surface area contributed by atoms with Crippen molar-refractivity contribution >= 4 is 29.2 Å². The van der Waals surface area contributed by atoms with Gasteiger partial charge >= 0.3 is 5.97 Å². The van der Waals surface area contributed by atoms with E-state index in [1.165, 1.54) is 12.1 Å². The molecule has 0 aliphatic heterocycles. The Balaban J connectivity index is 2.94. The van der Waals surface area contributed by atoms with Crippen molar-refractivity contribution in [1.29, 1.82) is 0 Å². The van der Waals surface area contributed by atoms with Crippen molar-refractivity contribution in [2.45, 2.75) is 26.7 Å². The van der Waals surface area contributed by atoms with Crippen LogP contribution < -0.4 is 5.32 Å². The topological polar surface area (TPSA) is 66.4 Å². The molecule has 4 nitrogen and oxygen atoms in total. The fourth-order valence-corrected chi connectivity index (χ4v) is 1.92. The van der Waals surface area contributed by atoms with Crippen molar-refractivity contribution in [3.8, 4) is 0 Å². The number of carbonyl (C=O) groups excluding carboxylic acids is 1. The van der Waals surface area contributed by atoms with Gasteiger partial charge in [0.15, 0.2) is 0 Å². The summed E-state index contributed by atoms with van der Waals surface area (Å²) in [6.07, 6.45) is 1.66. The standard InChI is InChI=1S/C13H16ClNO3/c1-3-5-8(2)12(16)15-10-7-4-6-9(14)11(10)13(17)18/h4,6-8H,3,5H2,1-2H3,(H,15,16)(H,17,18). The zero-order valence-corrected chi connectivity index (χ0v) is 11.1. The SMILES string of the molecule is CCCC(C)C(=O)Nc1cccc(Cl)c1C(=O)O. The molecule has 0 heterocycles. The molecular formula is C13H16ClNO3. The van der Waals surface area contributed by atoms with Crippen LogP contribution in [0.25, 0.3) is 0 Å². The van der Waals surface area contributed by atoms with Crippen molar-refractivity contribution in [2.75, 3.05) is 5.32 Å². The summed E-state index contributed by atoms with van der Waals surface area (Å²) in [5.74, 6) is -1.50. The van der Waals surface area contributed by atoms with Gasteiger partial charge in [-0.25, -0.2) is 4.79 Å². The molecule has 0 radical (unpaired) electrons. The van der Waals surface area contributed by atoms with Gasteiger partial charge in [0.2, 0.25) is 5.91 Å². The van der Waals surface area contributed by atoms with Crippen LogP contribution >= 0.6 is 11.6 Å². The van der Waals surface area contributed by atoms with Crippen LogP contribution in [0, 0.1) is 5.92 Å². The molecule has 18 heavy (non-hydrogen) atoms. The monoisotopic (exact) mass is 269 g/mol. The predicted octanol–water partition coefficient (Wildman–Crippen LogP) is 3.41. The van der Waals surface area contributed by atoms with Crippen molar-refractivity contribution in [2.24, 2.45) is 5.92 Å². The van der Waals surface area contributed by atoms with E-state index >= 15 is 0 Å². The van der Waals surface area contributed by atoms with E-state index in [1.54, 1.807) is 6.07 Å². The van der Waals surface area contributed by atoms with Crippen LogP contribution in [0.5, 0.6) is 0 Å². The highest BCUT2D eigenvalue weighted by Gasteiger charge is 2.18. The zero-order chi connectivity index (χ0) is 13.7. The van der Waals surface area contributed by atoms with Crippen molar-refractivity contribution in [3.63, 3.8) is 0 Å². The first-order valence-corrected chi connectivity index (χ1v) is 6.17. The molecule has 1 unspecified atom stereocenters. The molecule has 1 rings (SSSR count). The first-order valence-electron chi connectivity index (χ1n) is 5.80. The Labute approximate surface area is 111 Å². The Bertz CT molecular complexity index is 460. The zero-order valence-electron chi connectivity index (χ0n) is 10.4. The minimum Gasteiger partial charge on any atom is -0.478 e. The molecule has 1 aromatic carbocycles. The van der Waals surface area contributed by atoms with Crippen LogP contribution in [0.4, 0.5) is 5.69 Å². The number of halogens is 1. The normalized spacial score (nSPS) is 11.9. The summed E-state index contributed by atoms with van der Waals surface area (Å²) < 4.78 is 0. The molecule has 0 aliphatic carbocycles. The fraction of sp³-hybridized carbons (Fsp3) is 0.385. The maximum absolute atomic E-state index is 11.8. The summed E-state index contributed by atoms with van der Waals surface area (Å²) in [5.41, 5.74) is 0.166. The second kappa shape index (κ2) is 6.40. The van der Waals surface area contributed by atoms with Crippen LogP contribution in [0.1, 0.15) is 37.0 Å². The Hall–Kier alpha value is -1.55. The summed E-state index contributed by atoms with van der Waals surface area (Å²) in [5, 5.41) is 11.8. The average Bonchev–Trinajstić information content (AvgIpc) is 2.28. The number of carboxylic acids is 1. The minimum atomic E-state index is -1.15. The number of hydrogen-bond acceptors (Lipinski definition) is 2. The fourth-order valence-electron chi connectivity index (χ4n) is 1.67. The third kappa shape index (κ3) is 3.47. The predicted molar refractivity (Wildman–Crippen MR) is 71.1 cm³/mol. The smallest absolute Gasteiger partial charge is 0.339 e. The molecule has 0 bridgehead atoms.